The number of hydrogen-bond donors (Lipinski definition) is 4. The number of carbonyl (C=O) groups excluding carboxylic acids is 1. The number of rotatable bonds is 6. The Kier molecular flexibility index (Phi) is 12.0. The first-order valence-electron chi connectivity index (χ1n) is 8.05. The number of hydrogen-bond acceptors (Lipinski definition) is 9. The van der Waals surface area contributed by atoms with E-state index in [1.54, 1.807) is 5.48 Å². The van der Waals surface area contributed by atoms with E-state index in [0.29, 0.717) is 12.8 Å². The average molecular weight is 415 g/mol. The molecule has 1 aromatic heterocycles. The summed E-state index contributed by atoms with van der Waals surface area (Å²) < 4.78 is 47.5. The third-order valence-corrected chi connectivity index (χ3v) is 3.38. The minimum atomic E-state index is -4.41. The van der Waals surface area contributed by atoms with Gasteiger partial charge in [-0.15, -0.1) is 0 Å². The predicted octanol–water partition coefficient (Wildman–Crippen LogP) is 0.825. The summed E-state index contributed by atoms with van der Waals surface area (Å²) in [6.07, 6.45) is -5.18. The van der Waals surface area contributed by atoms with Crippen molar-refractivity contribution < 1.29 is 42.9 Å². The Labute approximate surface area is 158 Å². The van der Waals surface area contributed by atoms with Crippen molar-refractivity contribution >= 4 is 11.8 Å². The zero-order valence-electron chi connectivity index (χ0n) is 15.3. The van der Waals surface area contributed by atoms with Crippen molar-refractivity contribution in [2.75, 3.05) is 26.3 Å². The van der Waals surface area contributed by atoms with Crippen LogP contribution in [0.3, 0.4) is 0 Å². The van der Waals surface area contributed by atoms with Crippen LogP contribution < -0.4 is 11.2 Å². The van der Waals surface area contributed by atoms with Crippen molar-refractivity contribution in [1.82, 2.24) is 9.55 Å². The lowest BCUT2D eigenvalue weighted by molar-refractivity contribution is -0.160. The third-order valence-electron chi connectivity index (χ3n) is 3.38. The molecule has 2 atom stereocenters. The van der Waals surface area contributed by atoms with E-state index in [2.05, 4.69) is 4.98 Å². The molecule has 1 saturated heterocycles. The molecule has 2 heterocycles. The van der Waals surface area contributed by atoms with Gasteiger partial charge in [-0.05, 0) is 18.9 Å². The fraction of sp³-hybridized carbons (Fsp3) is 0.667. The molecule has 1 aromatic rings. The lowest BCUT2D eigenvalue weighted by Crippen LogP contribution is -2.28. The molecule has 0 amide bonds. The number of carbonyl (C=O) groups is 1. The van der Waals surface area contributed by atoms with Gasteiger partial charge in [0.2, 0.25) is 0 Å². The van der Waals surface area contributed by atoms with Crippen LogP contribution in [0, 0.1) is 0 Å². The van der Waals surface area contributed by atoms with Crippen LogP contribution in [-0.2, 0) is 14.3 Å². The maximum absolute atomic E-state index is 12.0. The number of ether oxygens (including phenoxy) is 2. The zero-order valence-corrected chi connectivity index (χ0v) is 15.3. The van der Waals surface area contributed by atoms with Gasteiger partial charge in [-0.3, -0.25) is 20.0 Å². The lowest BCUT2D eigenvalue weighted by Gasteiger charge is -2.16. The van der Waals surface area contributed by atoms with Crippen LogP contribution in [0.25, 0.3) is 0 Å². The Bertz CT molecular complexity index is 640. The van der Waals surface area contributed by atoms with E-state index in [-0.39, 0.29) is 12.4 Å². The van der Waals surface area contributed by atoms with Gasteiger partial charge in [0.15, 0.2) is 5.82 Å². The lowest BCUT2D eigenvalue weighted by atomic mass is 10.2. The molecule has 28 heavy (non-hydrogen) atoms. The van der Waals surface area contributed by atoms with Crippen LogP contribution in [0.2, 0.25) is 0 Å². The maximum Gasteiger partial charge on any atom is 0.389 e. The van der Waals surface area contributed by atoms with E-state index < -0.39 is 43.0 Å². The Morgan fingerprint density at radius 3 is 2.54 bits per heavy atom. The van der Waals surface area contributed by atoms with E-state index in [4.69, 9.17) is 24.9 Å². The summed E-state index contributed by atoms with van der Waals surface area (Å²) in [6.45, 7) is -0.175. The molecule has 0 radical (unpaired) electrons. The number of esters is 1. The van der Waals surface area contributed by atoms with Gasteiger partial charge in [-0.1, -0.05) is 0 Å². The van der Waals surface area contributed by atoms with Crippen LogP contribution in [0.15, 0.2) is 17.1 Å². The first-order chi connectivity index (χ1) is 13.3. The van der Waals surface area contributed by atoms with Gasteiger partial charge in [0.25, 0.3) is 0 Å². The number of anilines is 1. The molecule has 0 bridgehead atoms. The Morgan fingerprint density at radius 2 is 2.00 bits per heavy atom. The van der Waals surface area contributed by atoms with Crippen LogP contribution in [0.5, 0.6) is 0 Å². The summed E-state index contributed by atoms with van der Waals surface area (Å²) in [7, 11) is 2.00. The fourth-order valence-electron chi connectivity index (χ4n) is 2.21. The van der Waals surface area contributed by atoms with Crippen molar-refractivity contribution in [3.8, 4) is 0 Å². The van der Waals surface area contributed by atoms with Crippen molar-refractivity contribution in [3.63, 3.8) is 0 Å². The van der Waals surface area contributed by atoms with E-state index >= 15 is 0 Å². The first-order valence-corrected chi connectivity index (χ1v) is 8.05. The summed E-state index contributed by atoms with van der Waals surface area (Å²) in [6, 6.07) is 1.37. The highest BCUT2D eigenvalue weighted by molar-refractivity contribution is 5.69. The van der Waals surface area contributed by atoms with Gasteiger partial charge < -0.3 is 19.7 Å². The minimum absolute atomic E-state index is 0.00982. The van der Waals surface area contributed by atoms with E-state index in [0.717, 1.165) is 14.2 Å². The van der Waals surface area contributed by atoms with Crippen molar-refractivity contribution in [2.45, 2.75) is 44.2 Å². The number of aliphatic hydroxyl groups excluding tert-OH is 2. The number of aromatic nitrogens is 2. The highest BCUT2D eigenvalue weighted by atomic mass is 19.4. The molecule has 0 saturated carbocycles. The van der Waals surface area contributed by atoms with Gasteiger partial charge in [0.1, 0.15) is 12.8 Å². The summed E-state index contributed by atoms with van der Waals surface area (Å²) in [5.74, 6) is -0.957. The standard InChI is InChI=1S/C13H16F3N3O5.2CH4O/c14-13(15,16)5-3-11(20)23-7-8-1-2-10(24-8)19-6-4-9(18-22)17-12(19)21;2*1-2/h4,6,8,10,22H,1-3,5,7H2,(H,17,18,21);2*2H,1H3. The highest BCUT2D eigenvalue weighted by Crippen LogP contribution is 2.27. The topological polar surface area (TPSA) is 143 Å². The molecule has 4 N–H and O–H groups in total. The minimum Gasteiger partial charge on any atom is -0.463 e. The second kappa shape index (κ2) is 13.0. The van der Waals surface area contributed by atoms with Gasteiger partial charge >= 0.3 is 17.8 Å². The highest BCUT2D eigenvalue weighted by Gasteiger charge is 2.30. The number of aliphatic hydroxyl groups is 2. The van der Waals surface area contributed by atoms with Crippen LogP contribution >= 0.6 is 0 Å². The second-order valence-electron chi connectivity index (χ2n) is 5.20. The molecule has 10 nitrogen and oxygen atoms in total. The van der Waals surface area contributed by atoms with Crippen LogP contribution in [-0.4, -0.2) is 64.0 Å². The second-order valence-corrected chi connectivity index (χ2v) is 5.20. The summed E-state index contributed by atoms with van der Waals surface area (Å²) in [5.41, 5.74) is 1.11. The molecule has 1 fully saturated rings. The van der Waals surface area contributed by atoms with Crippen LogP contribution in [0.4, 0.5) is 19.0 Å². The molecule has 2 rings (SSSR count). The monoisotopic (exact) mass is 415 g/mol. The Morgan fingerprint density at radius 1 is 1.36 bits per heavy atom. The largest absolute Gasteiger partial charge is 0.463 e. The molecule has 13 heteroatoms. The van der Waals surface area contributed by atoms with Gasteiger partial charge in [-0.2, -0.15) is 18.2 Å². The summed E-state index contributed by atoms with van der Waals surface area (Å²) >= 11 is 0. The zero-order chi connectivity index (χ0) is 21.7. The van der Waals surface area contributed by atoms with Crippen LogP contribution in [0.1, 0.15) is 31.9 Å². The SMILES string of the molecule is CO.CO.O=C(CCC(F)(F)F)OCC1CCC(n2ccc(NO)nc2=O)O1. The Balaban J connectivity index is 0.00000171. The molecule has 1 aliphatic heterocycles. The van der Waals surface area contributed by atoms with Crippen molar-refractivity contribution in [3.05, 3.63) is 22.7 Å². The number of alkyl halides is 3. The van der Waals surface area contributed by atoms with Crippen molar-refractivity contribution in [2.24, 2.45) is 0 Å². The number of nitrogens with one attached hydrogen (secondary N) is 1. The summed E-state index contributed by atoms with van der Waals surface area (Å²) in [4.78, 5) is 26.6. The average Bonchev–Trinajstić information content (AvgIpc) is 3.16. The maximum atomic E-state index is 12.0. The molecular formula is C15H24F3N3O7. The van der Waals surface area contributed by atoms with Crippen molar-refractivity contribution in [1.29, 1.82) is 0 Å². The molecule has 2 unspecified atom stereocenters. The number of nitrogens with zero attached hydrogens (tertiary/aromatic N) is 2. The Hall–Kier alpha value is -2.22. The fourth-order valence-corrected chi connectivity index (χ4v) is 2.21. The van der Waals surface area contributed by atoms with E-state index in [1.807, 2.05) is 0 Å². The van der Waals surface area contributed by atoms with Gasteiger partial charge in [-0.25, -0.2) is 4.79 Å². The first kappa shape index (κ1) is 25.8. The van der Waals surface area contributed by atoms with E-state index in [1.165, 1.54) is 16.8 Å². The molecule has 1 aliphatic rings. The smallest absolute Gasteiger partial charge is 0.389 e. The molecule has 0 spiro atoms. The number of halogens is 3. The normalized spacial score (nSPS) is 18.3. The quantitative estimate of drug-likeness (QED) is 0.392. The van der Waals surface area contributed by atoms with E-state index in [9.17, 15) is 22.8 Å². The molecule has 0 aromatic carbocycles. The summed E-state index contributed by atoms with van der Waals surface area (Å²) in [5, 5.41) is 22.7. The van der Waals surface area contributed by atoms with Gasteiger partial charge in [0, 0.05) is 20.4 Å². The van der Waals surface area contributed by atoms with Gasteiger partial charge in [0.05, 0.1) is 18.9 Å². The molecular weight excluding hydrogens is 391 g/mol. The predicted molar refractivity (Wildman–Crippen MR) is 89.6 cm³/mol. The molecule has 0 aliphatic carbocycles. The molecule has 162 valence electrons. The third kappa shape index (κ3) is 9.12.